The number of fused-ring (bicyclic) bond motifs is 1. The fourth-order valence-electron chi connectivity index (χ4n) is 3.34. The van der Waals surface area contributed by atoms with Gasteiger partial charge in [0.25, 0.3) is 0 Å². The molecule has 0 saturated carbocycles. The van der Waals surface area contributed by atoms with E-state index in [2.05, 4.69) is 9.62 Å². The van der Waals surface area contributed by atoms with Crippen LogP contribution < -0.4 is 4.72 Å². The number of nitrogens with one attached hydrogen (secondary N) is 1. The van der Waals surface area contributed by atoms with Crippen molar-refractivity contribution in [1.29, 1.82) is 0 Å². The maximum Gasteiger partial charge on any atom is 0.241 e. The molecule has 0 spiro atoms. The van der Waals surface area contributed by atoms with Crippen molar-refractivity contribution in [2.75, 3.05) is 13.1 Å². The largest absolute Gasteiger partial charge is 0.299 e. The van der Waals surface area contributed by atoms with Gasteiger partial charge in [0.15, 0.2) is 0 Å². The van der Waals surface area contributed by atoms with Gasteiger partial charge in [0.2, 0.25) is 10.0 Å². The predicted octanol–water partition coefficient (Wildman–Crippen LogP) is 1.87. The molecule has 0 bridgehead atoms. The Bertz CT molecular complexity index is 616. The van der Waals surface area contributed by atoms with Gasteiger partial charge in [0, 0.05) is 24.7 Å². The Hall–Kier alpha value is -1.05. The molecule has 0 aliphatic carbocycles. The fraction of sp³-hybridized carbons (Fsp3) is 0.571. The minimum atomic E-state index is -3.90. The molecule has 0 unspecified atom stereocenters. The molecule has 2 fully saturated rings. The number of sulfonamides is 1. The van der Waals surface area contributed by atoms with E-state index >= 15 is 0 Å². The smallest absolute Gasteiger partial charge is 0.241 e. The maximum atomic E-state index is 13.2. The van der Waals surface area contributed by atoms with Crippen molar-refractivity contribution in [2.24, 2.45) is 0 Å². The van der Waals surface area contributed by atoms with Crippen LogP contribution in [-0.4, -0.2) is 38.5 Å². The second-order valence-electron chi connectivity index (χ2n) is 5.72. The zero-order valence-electron chi connectivity index (χ0n) is 11.6. The van der Waals surface area contributed by atoms with Crippen LogP contribution in [0, 0.1) is 11.6 Å². The molecule has 2 atom stereocenters. The lowest BCUT2D eigenvalue weighted by molar-refractivity contribution is 0.186. The van der Waals surface area contributed by atoms with Gasteiger partial charge in [-0.15, -0.1) is 0 Å². The molecule has 1 N–H and O–H groups in total. The van der Waals surface area contributed by atoms with Crippen LogP contribution in [-0.2, 0) is 10.0 Å². The highest BCUT2D eigenvalue weighted by Gasteiger charge is 2.37. The number of nitrogens with zero attached hydrogens (tertiary/aromatic N) is 1. The molecule has 0 radical (unpaired) electrons. The number of hydrogen-bond donors (Lipinski definition) is 1. The second-order valence-corrected chi connectivity index (χ2v) is 7.43. The molecule has 2 heterocycles. The number of hydrogen-bond acceptors (Lipinski definition) is 3. The van der Waals surface area contributed by atoms with Gasteiger partial charge in [-0.1, -0.05) is 6.42 Å². The first-order chi connectivity index (χ1) is 9.95. The summed E-state index contributed by atoms with van der Waals surface area (Å²) in [6.45, 7) is 1.87. The van der Waals surface area contributed by atoms with E-state index in [9.17, 15) is 17.2 Å². The molecule has 1 aromatic carbocycles. The maximum absolute atomic E-state index is 13.2. The lowest BCUT2D eigenvalue weighted by atomic mass is 10.00. The normalized spacial score (nSPS) is 26.8. The molecular weight excluding hydrogens is 298 g/mol. The Morgan fingerprint density at radius 2 is 1.76 bits per heavy atom. The van der Waals surface area contributed by atoms with Crippen LogP contribution in [0.2, 0.25) is 0 Å². The SMILES string of the molecule is O=S(=O)(N[C@H]1CCN2CCCC[C@H]12)c1cc(F)cc(F)c1. The van der Waals surface area contributed by atoms with Gasteiger partial charge >= 0.3 is 0 Å². The molecule has 0 aromatic heterocycles. The first kappa shape index (κ1) is 14.9. The predicted molar refractivity (Wildman–Crippen MR) is 74.3 cm³/mol. The Balaban J connectivity index is 1.80. The highest BCUT2D eigenvalue weighted by molar-refractivity contribution is 7.89. The first-order valence-corrected chi connectivity index (χ1v) is 8.66. The summed E-state index contributed by atoms with van der Waals surface area (Å²) in [7, 11) is -3.90. The summed E-state index contributed by atoms with van der Waals surface area (Å²) in [6, 6.07) is 2.38. The zero-order valence-corrected chi connectivity index (χ0v) is 12.4. The minimum absolute atomic E-state index is 0.179. The average Bonchev–Trinajstić information content (AvgIpc) is 2.81. The molecule has 21 heavy (non-hydrogen) atoms. The van der Waals surface area contributed by atoms with Crippen molar-refractivity contribution >= 4 is 10.0 Å². The third-order valence-electron chi connectivity index (χ3n) is 4.31. The van der Waals surface area contributed by atoms with Crippen LogP contribution in [0.25, 0.3) is 0 Å². The Labute approximate surface area is 123 Å². The standard InChI is InChI=1S/C14H18F2N2O2S/c15-10-7-11(16)9-12(8-10)21(19,20)17-13-4-6-18-5-2-1-3-14(13)18/h7-9,13-14,17H,1-6H2/t13-,14+/m0/s1. The molecule has 2 aliphatic heterocycles. The van der Waals surface area contributed by atoms with E-state index in [0.29, 0.717) is 6.07 Å². The lowest BCUT2D eigenvalue weighted by Gasteiger charge is -2.32. The topological polar surface area (TPSA) is 49.4 Å². The quantitative estimate of drug-likeness (QED) is 0.926. The summed E-state index contributed by atoms with van der Waals surface area (Å²) >= 11 is 0. The Kier molecular flexibility index (Phi) is 3.98. The average molecular weight is 316 g/mol. The molecule has 2 saturated heterocycles. The lowest BCUT2D eigenvalue weighted by Crippen LogP contribution is -2.46. The summed E-state index contributed by atoms with van der Waals surface area (Å²) in [5.74, 6) is -1.78. The number of halogens is 2. The zero-order chi connectivity index (χ0) is 15.0. The van der Waals surface area contributed by atoms with E-state index in [-0.39, 0.29) is 17.0 Å². The number of benzene rings is 1. The summed E-state index contributed by atoms with van der Waals surface area (Å²) in [6.07, 6.45) is 3.94. The highest BCUT2D eigenvalue weighted by Crippen LogP contribution is 2.28. The molecule has 0 amide bonds. The summed E-state index contributed by atoms with van der Waals surface area (Å²) in [4.78, 5) is 1.94. The van der Waals surface area contributed by atoms with E-state index < -0.39 is 21.7 Å². The van der Waals surface area contributed by atoms with E-state index in [1.165, 1.54) is 0 Å². The minimum Gasteiger partial charge on any atom is -0.299 e. The van der Waals surface area contributed by atoms with Crippen LogP contribution in [0.1, 0.15) is 25.7 Å². The molecular formula is C14H18F2N2O2S. The van der Waals surface area contributed by atoms with Crippen molar-refractivity contribution in [1.82, 2.24) is 9.62 Å². The van der Waals surface area contributed by atoms with Gasteiger partial charge in [0.05, 0.1) is 4.90 Å². The molecule has 1 aromatic rings. The Morgan fingerprint density at radius 3 is 2.48 bits per heavy atom. The monoisotopic (exact) mass is 316 g/mol. The van der Waals surface area contributed by atoms with Crippen LogP contribution in [0.5, 0.6) is 0 Å². The van der Waals surface area contributed by atoms with Crippen molar-refractivity contribution < 1.29 is 17.2 Å². The third-order valence-corrected chi connectivity index (χ3v) is 5.78. The van der Waals surface area contributed by atoms with E-state index in [4.69, 9.17) is 0 Å². The van der Waals surface area contributed by atoms with E-state index in [1.54, 1.807) is 0 Å². The van der Waals surface area contributed by atoms with Gasteiger partial charge in [-0.05, 0) is 37.9 Å². The van der Waals surface area contributed by atoms with Gasteiger partial charge in [-0.3, -0.25) is 4.90 Å². The van der Waals surface area contributed by atoms with Gasteiger partial charge in [-0.2, -0.15) is 0 Å². The Morgan fingerprint density at radius 1 is 1.05 bits per heavy atom. The molecule has 116 valence electrons. The molecule has 4 nitrogen and oxygen atoms in total. The van der Waals surface area contributed by atoms with Gasteiger partial charge in [0.1, 0.15) is 11.6 Å². The number of piperidine rings is 1. The summed E-state index contributed by atoms with van der Waals surface area (Å²) < 4.78 is 53.6. The van der Waals surface area contributed by atoms with Crippen LogP contribution >= 0.6 is 0 Å². The van der Waals surface area contributed by atoms with Crippen molar-refractivity contribution in [3.05, 3.63) is 29.8 Å². The first-order valence-electron chi connectivity index (χ1n) is 7.18. The molecule has 7 heteroatoms. The van der Waals surface area contributed by atoms with Crippen LogP contribution in [0.15, 0.2) is 23.1 Å². The van der Waals surface area contributed by atoms with Crippen molar-refractivity contribution in [2.45, 2.75) is 42.7 Å². The van der Waals surface area contributed by atoms with Crippen LogP contribution in [0.3, 0.4) is 0 Å². The van der Waals surface area contributed by atoms with Crippen LogP contribution in [0.4, 0.5) is 8.78 Å². The highest BCUT2D eigenvalue weighted by atomic mass is 32.2. The van der Waals surface area contributed by atoms with Crippen molar-refractivity contribution in [3.8, 4) is 0 Å². The summed E-state index contributed by atoms with van der Waals surface area (Å²) in [5, 5.41) is 0. The molecule has 2 aliphatic rings. The second kappa shape index (κ2) is 5.62. The van der Waals surface area contributed by atoms with Gasteiger partial charge < -0.3 is 0 Å². The summed E-state index contributed by atoms with van der Waals surface area (Å²) in [5.41, 5.74) is 0. The number of rotatable bonds is 3. The van der Waals surface area contributed by atoms with E-state index in [0.717, 1.165) is 50.9 Å². The van der Waals surface area contributed by atoms with Gasteiger partial charge in [-0.25, -0.2) is 21.9 Å². The third kappa shape index (κ3) is 3.09. The molecule has 3 rings (SSSR count). The van der Waals surface area contributed by atoms with E-state index in [1.807, 2.05) is 0 Å². The fourth-order valence-corrected chi connectivity index (χ4v) is 4.68. The van der Waals surface area contributed by atoms with Crippen molar-refractivity contribution in [3.63, 3.8) is 0 Å².